The first-order valence-corrected chi connectivity index (χ1v) is 6.14. The summed E-state index contributed by atoms with van der Waals surface area (Å²) in [5.41, 5.74) is 0.482. The molecule has 0 heterocycles. The standard InChI is InChI=1S/C12H24N2/c1-14(2)12(8-3-4-9-12)10-13-11-6-5-7-11/h11,13H,3-10H2,1-2H3. The first-order valence-electron chi connectivity index (χ1n) is 6.14. The van der Waals surface area contributed by atoms with Crippen molar-refractivity contribution in [2.24, 2.45) is 0 Å². The van der Waals surface area contributed by atoms with Crippen molar-refractivity contribution in [3.8, 4) is 0 Å². The number of nitrogens with zero attached hydrogens (tertiary/aromatic N) is 1. The molecule has 2 rings (SSSR count). The van der Waals surface area contributed by atoms with Gasteiger partial charge >= 0.3 is 0 Å². The third-order valence-corrected chi connectivity index (χ3v) is 4.31. The van der Waals surface area contributed by atoms with E-state index in [1.54, 1.807) is 0 Å². The third kappa shape index (κ3) is 1.96. The fourth-order valence-corrected chi connectivity index (χ4v) is 2.76. The number of nitrogens with one attached hydrogen (secondary N) is 1. The van der Waals surface area contributed by atoms with Gasteiger partial charge in [-0.1, -0.05) is 19.3 Å². The Labute approximate surface area is 88.1 Å². The molecule has 82 valence electrons. The van der Waals surface area contributed by atoms with E-state index in [9.17, 15) is 0 Å². The fourth-order valence-electron chi connectivity index (χ4n) is 2.76. The molecule has 0 aliphatic heterocycles. The summed E-state index contributed by atoms with van der Waals surface area (Å²) in [5.74, 6) is 0. The monoisotopic (exact) mass is 196 g/mol. The third-order valence-electron chi connectivity index (χ3n) is 4.31. The lowest BCUT2D eigenvalue weighted by molar-refractivity contribution is 0.141. The SMILES string of the molecule is CN(C)C1(CNC2CCC2)CCCC1. The van der Waals surface area contributed by atoms with Crippen LogP contribution in [0.5, 0.6) is 0 Å². The van der Waals surface area contributed by atoms with Gasteiger partial charge in [-0.2, -0.15) is 0 Å². The lowest BCUT2D eigenvalue weighted by Gasteiger charge is -2.39. The smallest absolute Gasteiger partial charge is 0.0327 e. The fraction of sp³-hybridized carbons (Fsp3) is 1.00. The molecule has 0 aromatic carbocycles. The Kier molecular flexibility index (Phi) is 3.13. The molecule has 0 saturated heterocycles. The highest BCUT2D eigenvalue weighted by Gasteiger charge is 2.36. The van der Waals surface area contributed by atoms with Crippen molar-refractivity contribution in [1.82, 2.24) is 10.2 Å². The van der Waals surface area contributed by atoms with Gasteiger partial charge in [-0.3, -0.25) is 0 Å². The lowest BCUT2D eigenvalue weighted by Crippen LogP contribution is -2.52. The average molecular weight is 196 g/mol. The summed E-state index contributed by atoms with van der Waals surface area (Å²) in [7, 11) is 4.49. The van der Waals surface area contributed by atoms with Gasteiger partial charge in [-0.25, -0.2) is 0 Å². The van der Waals surface area contributed by atoms with Crippen LogP contribution in [0.2, 0.25) is 0 Å². The zero-order valence-corrected chi connectivity index (χ0v) is 9.68. The van der Waals surface area contributed by atoms with Gasteiger partial charge in [0.1, 0.15) is 0 Å². The maximum atomic E-state index is 3.74. The highest BCUT2D eigenvalue weighted by molar-refractivity contribution is 4.95. The highest BCUT2D eigenvalue weighted by Crippen LogP contribution is 2.33. The molecule has 2 saturated carbocycles. The number of rotatable bonds is 4. The highest BCUT2D eigenvalue weighted by atomic mass is 15.2. The van der Waals surface area contributed by atoms with Gasteiger partial charge in [-0.15, -0.1) is 0 Å². The zero-order valence-electron chi connectivity index (χ0n) is 9.68. The van der Waals surface area contributed by atoms with Crippen molar-refractivity contribution in [1.29, 1.82) is 0 Å². The molecule has 0 spiro atoms. The minimum atomic E-state index is 0.482. The summed E-state index contributed by atoms with van der Waals surface area (Å²) in [4.78, 5) is 2.45. The molecule has 1 N–H and O–H groups in total. The summed E-state index contributed by atoms with van der Waals surface area (Å²) in [6.45, 7) is 1.21. The van der Waals surface area contributed by atoms with Crippen LogP contribution in [0.1, 0.15) is 44.9 Å². The van der Waals surface area contributed by atoms with E-state index in [1.165, 1.54) is 51.5 Å². The van der Waals surface area contributed by atoms with E-state index in [4.69, 9.17) is 0 Å². The predicted molar refractivity (Wildman–Crippen MR) is 60.5 cm³/mol. The lowest BCUT2D eigenvalue weighted by atomic mass is 9.90. The van der Waals surface area contributed by atoms with Crippen LogP contribution in [0.15, 0.2) is 0 Å². The molecule has 2 aliphatic carbocycles. The van der Waals surface area contributed by atoms with Crippen molar-refractivity contribution >= 4 is 0 Å². The van der Waals surface area contributed by atoms with Crippen LogP contribution in [-0.4, -0.2) is 37.1 Å². The van der Waals surface area contributed by atoms with Gasteiger partial charge in [0.05, 0.1) is 0 Å². The topological polar surface area (TPSA) is 15.3 Å². The van der Waals surface area contributed by atoms with Crippen LogP contribution >= 0.6 is 0 Å². The summed E-state index contributed by atoms with van der Waals surface area (Å²) in [6.07, 6.45) is 9.87. The van der Waals surface area contributed by atoms with E-state index in [1.807, 2.05) is 0 Å². The number of hydrogen-bond acceptors (Lipinski definition) is 2. The first kappa shape index (κ1) is 10.4. The molecule has 0 aromatic rings. The number of hydrogen-bond donors (Lipinski definition) is 1. The van der Waals surface area contributed by atoms with E-state index < -0.39 is 0 Å². The molecule has 0 unspecified atom stereocenters. The Morgan fingerprint density at radius 2 is 1.79 bits per heavy atom. The van der Waals surface area contributed by atoms with E-state index in [-0.39, 0.29) is 0 Å². The van der Waals surface area contributed by atoms with Gasteiger partial charge in [0.15, 0.2) is 0 Å². The van der Waals surface area contributed by atoms with E-state index in [2.05, 4.69) is 24.3 Å². The van der Waals surface area contributed by atoms with Crippen molar-refractivity contribution < 1.29 is 0 Å². The van der Waals surface area contributed by atoms with Crippen LogP contribution in [0.3, 0.4) is 0 Å². The van der Waals surface area contributed by atoms with Gasteiger partial charge < -0.3 is 10.2 Å². The van der Waals surface area contributed by atoms with E-state index in [0.717, 1.165) is 6.04 Å². The Balaban J connectivity index is 1.83. The zero-order chi connectivity index (χ0) is 10.0. The minimum absolute atomic E-state index is 0.482. The van der Waals surface area contributed by atoms with Crippen LogP contribution in [-0.2, 0) is 0 Å². The molecule has 14 heavy (non-hydrogen) atoms. The second-order valence-corrected chi connectivity index (χ2v) is 5.33. The molecular formula is C12H24N2. The van der Waals surface area contributed by atoms with E-state index >= 15 is 0 Å². The Morgan fingerprint density at radius 3 is 2.21 bits per heavy atom. The Morgan fingerprint density at radius 1 is 1.14 bits per heavy atom. The quantitative estimate of drug-likeness (QED) is 0.740. The predicted octanol–water partition coefficient (Wildman–Crippen LogP) is 2.00. The summed E-state index contributed by atoms with van der Waals surface area (Å²) < 4.78 is 0. The summed E-state index contributed by atoms with van der Waals surface area (Å²) in [5, 5.41) is 3.74. The maximum absolute atomic E-state index is 3.74. The van der Waals surface area contributed by atoms with Gasteiger partial charge in [0, 0.05) is 18.1 Å². The normalized spacial score (nSPS) is 26.8. The molecule has 0 amide bonds. The van der Waals surface area contributed by atoms with E-state index in [0.29, 0.717) is 5.54 Å². The molecule has 2 aliphatic rings. The molecule has 0 aromatic heterocycles. The average Bonchev–Trinajstić information content (AvgIpc) is 2.51. The molecule has 0 bridgehead atoms. The second-order valence-electron chi connectivity index (χ2n) is 5.33. The largest absolute Gasteiger partial charge is 0.312 e. The first-order chi connectivity index (χ1) is 6.73. The number of likely N-dealkylation sites (N-methyl/N-ethyl adjacent to an activating group) is 1. The molecular weight excluding hydrogens is 172 g/mol. The molecule has 0 atom stereocenters. The van der Waals surface area contributed by atoms with Gasteiger partial charge in [0.25, 0.3) is 0 Å². The minimum Gasteiger partial charge on any atom is -0.312 e. The Bertz CT molecular complexity index is 179. The second kappa shape index (κ2) is 4.19. The van der Waals surface area contributed by atoms with Crippen LogP contribution in [0.25, 0.3) is 0 Å². The van der Waals surface area contributed by atoms with Crippen molar-refractivity contribution in [2.45, 2.75) is 56.5 Å². The summed E-state index contributed by atoms with van der Waals surface area (Å²) >= 11 is 0. The van der Waals surface area contributed by atoms with Crippen molar-refractivity contribution in [2.75, 3.05) is 20.6 Å². The van der Waals surface area contributed by atoms with Crippen molar-refractivity contribution in [3.63, 3.8) is 0 Å². The summed E-state index contributed by atoms with van der Waals surface area (Å²) in [6, 6.07) is 0.840. The van der Waals surface area contributed by atoms with Gasteiger partial charge in [-0.05, 0) is 39.8 Å². The van der Waals surface area contributed by atoms with Crippen LogP contribution < -0.4 is 5.32 Å². The Hall–Kier alpha value is -0.0800. The van der Waals surface area contributed by atoms with Gasteiger partial charge in [0.2, 0.25) is 0 Å². The van der Waals surface area contributed by atoms with Crippen LogP contribution in [0.4, 0.5) is 0 Å². The molecule has 0 radical (unpaired) electrons. The molecule has 2 nitrogen and oxygen atoms in total. The van der Waals surface area contributed by atoms with Crippen LogP contribution in [0, 0.1) is 0 Å². The maximum Gasteiger partial charge on any atom is 0.0327 e. The molecule has 2 fully saturated rings. The van der Waals surface area contributed by atoms with Crippen molar-refractivity contribution in [3.05, 3.63) is 0 Å². The molecule has 2 heteroatoms.